The number of rotatable bonds is 7. The maximum absolute atomic E-state index is 11.6. The quantitative estimate of drug-likeness (QED) is 0.283. The standard InChI is InChI=1S/C34H33N5O4/c40-30(41)19-34(20-43-21-34)26-8-5-23(6-9-26)32-31(37-33-29(11-12-35-39(32)33)38-13-15-42-16-14-38)25-17-24(18-25)28-10-7-22-3-1-2-4-27(22)36-28/h1-12,24-25H,13-21H2,(H,40,41). The van der Waals surface area contributed by atoms with Gasteiger partial charge in [-0.25, -0.2) is 9.50 Å². The number of morpholine rings is 1. The molecule has 0 unspecified atom stereocenters. The molecule has 2 aliphatic heterocycles. The molecular formula is C34H33N5O4. The number of hydrogen-bond donors (Lipinski definition) is 1. The molecule has 3 aromatic heterocycles. The normalized spacial score (nSPS) is 21.4. The molecule has 5 aromatic rings. The first-order valence-electron chi connectivity index (χ1n) is 15.0. The van der Waals surface area contributed by atoms with Crippen LogP contribution in [-0.4, -0.2) is 70.2 Å². The van der Waals surface area contributed by atoms with Crippen LogP contribution in [0.5, 0.6) is 0 Å². The molecule has 1 N–H and O–H groups in total. The summed E-state index contributed by atoms with van der Waals surface area (Å²) in [6.45, 7) is 3.88. The molecule has 9 heteroatoms. The van der Waals surface area contributed by atoms with Crippen molar-refractivity contribution >= 4 is 28.2 Å². The van der Waals surface area contributed by atoms with Gasteiger partial charge in [0.25, 0.3) is 0 Å². The first-order valence-corrected chi connectivity index (χ1v) is 15.0. The second-order valence-electron chi connectivity index (χ2n) is 12.1. The molecule has 3 aliphatic rings. The molecule has 0 spiro atoms. The Balaban J connectivity index is 1.17. The summed E-state index contributed by atoms with van der Waals surface area (Å²) in [6, 6.07) is 23.0. The number of aromatic nitrogens is 4. The van der Waals surface area contributed by atoms with E-state index in [1.54, 1.807) is 0 Å². The fourth-order valence-corrected chi connectivity index (χ4v) is 6.94. The largest absolute Gasteiger partial charge is 0.481 e. The van der Waals surface area contributed by atoms with Crippen molar-refractivity contribution in [3.63, 3.8) is 0 Å². The minimum absolute atomic E-state index is 0.0595. The smallest absolute Gasteiger partial charge is 0.304 e. The van der Waals surface area contributed by atoms with Crippen LogP contribution in [0.15, 0.2) is 72.9 Å². The lowest BCUT2D eigenvalue weighted by Crippen LogP contribution is -2.48. The van der Waals surface area contributed by atoms with E-state index in [9.17, 15) is 9.90 Å². The minimum Gasteiger partial charge on any atom is -0.481 e. The molecule has 43 heavy (non-hydrogen) atoms. The molecule has 1 aliphatic carbocycles. The van der Waals surface area contributed by atoms with E-state index in [0.717, 1.165) is 76.4 Å². The van der Waals surface area contributed by atoms with Gasteiger partial charge in [-0.3, -0.25) is 9.78 Å². The van der Waals surface area contributed by atoms with E-state index in [0.29, 0.717) is 32.3 Å². The number of carboxylic acids is 1. The fraction of sp³-hybridized carbons (Fsp3) is 0.353. The molecule has 2 saturated heterocycles. The molecule has 5 heterocycles. The third-order valence-electron chi connectivity index (χ3n) is 9.46. The molecule has 3 fully saturated rings. The predicted octanol–water partition coefficient (Wildman–Crippen LogP) is 5.19. The van der Waals surface area contributed by atoms with Gasteiger partial charge < -0.3 is 19.5 Å². The van der Waals surface area contributed by atoms with Gasteiger partial charge in [-0.2, -0.15) is 5.10 Å². The highest BCUT2D eigenvalue weighted by Gasteiger charge is 2.42. The molecule has 9 nitrogen and oxygen atoms in total. The van der Waals surface area contributed by atoms with E-state index < -0.39 is 11.4 Å². The van der Waals surface area contributed by atoms with Gasteiger partial charge in [-0.1, -0.05) is 48.5 Å². The van der Waals surface area contributed by atoms with Crippen molar-refractivity contribution < 1.29 is 19.4 Å². The van der Waals surface area contributed by atoms with Crippen LogP contribution < -0.4 is 4.90 Å². The number of aliphatic carboxylic acids is 1. The average molecular weight is 576 g/mol. The third kappa shape index (κ3) is 4.54. The van der Waals surface area contributed by atoms with Crippen LogP contribution in [0.4, 0.5) is 5.69 Å². The van der Waals surface area contributed by atoms with Crippen molar-refractivity contribution in [2.24, 2.45) is 0 Å². The summed E-state index contributed by atoms with van der Waals surface area (Å²) in [6.07, 6.45) is 3.87. The SMILES string of the molecule is O=C(O)CC1(c2ccc(-c3c(C4CC(c5ccc6ccccc6n5)C4)nc4c(N5CCOCC5)ccnn34)cc2)COC1. The molecule has 0 atom stereocenters. The van der Waals surface area contributed by atoms with Gasteiger partial charge in [0, 0.05) is 41.6 Å². The topological polar surface area (TPSA) is 102 Å². The molecule has 1 saturated carbocycles. The van der Waals surface area contributed by atoms with Crippen LogP contribution in [0.3, 0.4) is 0 Å². The molecule has 0 amide bonds. The van der Waals surface area contributed by atoms with Gasteiger partial charge >= 0.3 is 5.97 Å². The number of imidazole rings is 1. The lowest BCUT2D eigenvalue weighted by molar-refractivity contribution is -0.145. The molecule has 8 rings (SSSR count). The Morgan fingerprint density at radius 3 is 2.44 bits per heavy atom. The average Bonchev–Trinajstić information content (AvgIpc) is 3.38. The fourth-order valence-electron chi connectivity index (χ4n) is 6.94. The Kier molecular flexibility index (Phi) is 6.38. The highest BCUT2D eigenvalue weighted by atomic mass is 16.5. The van der Waals surface area contributed by atoms with Crippen LogP contribution in [0, 0.1) is 0 Å². The van der Waals surface area contributed by atoms with Gasteiger partial charge in [-0.15, -0.1) is 0 Å². The summed E-state index contributed by atoms with van der Waals surface area (Å²) in [4.78, 5) is 24.2. The van der Waals surface area contributed by atoms with Gasteiger partial charge in [0.15, 0.2) is 5.65 Å². The highest BCUT2D eigenvalue weighted by molar-refractivity contribution is 5.79. The Hall–Kier alpha value is -4.34. The molecule has 0 bridgehead atoms. The Bertz CT molecular complexity index is 1820. The number of pyridine rings is 1. The van der Waals surface area contributed by atoms with Gasteiger partial charge in [0.2, 0.25) is 0 Å². The van der Waals surface area contributed by atoms with Crippen molar-refractivity contribution in [2.45, 2.75) is 36.5 Å². The molecular weight excluding hydrogens is 542 g/mol. The molecule has 2 aromatic carbocycles. The zero-order valence-corrected chi connectivity index (χ0v) is 23.9. The van der Waals surface area contributed by atoms with Crippen molar-refractivity contribution in [3.8, 4) is 11.3 Å². The van der Waals surface area contributed by atoms with E-state index >= 15 is 0 Å². The van der Waals surface area contributed by atoms with Gasteiger partial charge in [-0.05, 0) is 36.6 Å². The summed E-state index contributed by atoms with van der Waals surface area (Å²) in [7, 11) is 0. The van der Waals surface area contributed by atoms with Crippen molar-refractivity contribution in [1.29, 1.82) is 0 Å². The zero-order chi connectivity index (χ0) is 29.0. The first kappa shape index (κ1) is 26.3. The number of ether oxygens (including phenoxy) is 2. The number of anilines is 1. The third-order valence-corrected chi connectivity index (χ3v) is 9.46. The number of carboxylic acid groups (broad SMARTS) is 1. The predicted molar refractivity (Wildman–Crippen MR) is 163 cm³/mol. The van der Waals surface area contributed by atoms with Crippen LogP contribution in [0.2, 0.25) is 0 Å². The number of carbonyl (C=O) groups is 1. The summed E-state index contributed by atoms with van der Waals surface area (Å²) >= 11 is 0. The summed E-state index contributed by atoms with van der Waals surface area (Å²) in [5.41, 5.74) is 7.72. The lowest BCUT2D eigenvalue weighted by Gasteiger charge is -2.41. The van der Waals surface area contributed by atoms with Crippen LogP contribution >= 0.6 is 0 Å². The molecule has 218 valence electrons. The van der Waals surface area contributed by atoms with Gasteiger partial charge in [0.05, 0.1) is 67.1 Å². The van der Waals surface area contributed by atoms with Crippen LogP contribution in [-0.2, 0) is 19.7 Å². The monoisotopic (exact) mass is 575 g/mol. The minimum atomic E-state index is -0.809. The van der Waals surface area contributed by atoms with Crippen LogP contribution in [0.25, 0.3) is 27.8 Å². The Morgan fingerprint density at radius 1 is 0.907 bits per heavy atom. The Morgan fingerprint density at radius 2 is 1.70 bits per heavy atom. The second kappa shape index (κ2) is 10.4. The Labute approximate surface area is 249 Å². The number of fused-ring (bicyclic) bond motifs is 2. The lowest BCUT2D eigenvalue weighted by atomic mass is 9.70. The van der Waals surface area contributed by atoms with Gasteiger partial charge in [0.1, 0.15) is 0 Å². The number of hydrogen-bond acceptors (Lipinski definition) is 7. The summed E-state index contributed by atoms with van der Waals surface area (Å²) in [5, 5.41) is 15.5. The highest BCUT2D eigenvalue weighted by Crippen LogP contribution is 2.50. The number of para-hydroxylation sites is 1. The summed E-state index contributed by atoms with van der Waals surface area (Å²) in [5.74, 6) is -0.141. The number of benzene rings is 2. The van der Waals surface area contributed by atoms with E-state index in [1.807, 2.05) is 22.8 Å². The summed E-state index contributed by atoms with van der Waals surface area (Å²) < 4.78 is 13.1. The van der Waals surface area contributed by atoms with Crippen molar-refractivity contribution in [1.82, 2.24) is 19.6 Å². The molecule has 0 radical (unpaired) electrons. The van der Waals surface area contributed by atoms with Crippen LogP contribution in [0.1, 0.15) is 48.0 Å². The van der Waals surface area contributed by atoms with E-state index in [4.69, 9.17) is 24.5 Å². The maximum atomic E-state index is 11.6. The van der Waals surface area contributed by atoms with E-state index in [1.165, 1.54) is 0 Å². The van der Waals surface area contributed by atoms with E-state index in [-0.39, 0.29) is 12.3 Å². The number of nitrogens with zero attached hydrogens (tertiary/aromatic N) is 5. The zero-order valence-electron chi connectivity index (χ0n) is 23.9. The first-order chi connectivity index (χ1) is 21.1. The van der Waals surface area contributed by atoms with Crippen molar-refractivity contribution in [2.75, 3.05) is 44.4 Å². The maximum Gasteiger partial charge on any atom is 0.304 e. The van der Waals surface area contributed by atoms with E-state index in [2.05, 4.69) is 59.5 Å². The second-order valence-corrected chi connectivity index (χ2v) is 12.1. The van der Waals surface area contributed by atoms with Crippen molar-refractivity contribution in [3.05, 3.63) is 89.9 Å².